The lowest BCUT2D eigenvalue weighted by atomic mass is 10.2. The average Bonchev–Trinajstić information content (AvgIpc) is 2.70. The van der Waals surface area contributed by atoms with Gasteiger partial charge in [0.05, 0.1) is 0 Å². The number of rotatable bonds is 5. The molecule has 0 aliphatic rings. The van der Waals surface area contributed by atoms with Gasteiger partial charge >= 0.3 is 0 Å². The molecule has 0 fully saturated rings. The number of aldehydes is 1. The molecule has 2 rings (SSSR count). The molecule has 2 aromatic rings. The molecular formula is C12H13BrN2O2. The van der Waals surface area contributed by atoms with Crippen molar-refractivity contribution in [2.24, 2.45) is 0 Å². The Morgan fingerprint density at radius 2 is 2.41 bits per heavy atom. The summed E-state index contributed by atoms with van der Waals surface area (Å²) in [5.41, 5.74) is 1.50. The second kappa shape index (κ2) is 5.42. The van der Waals surface area contributed by atoms with Gasteiger partial charge in [-0.05, 0) is 28.4 Å². The smallest absolute Gasteiger partial charge is 0.152 e. The van der Waals surface area contributed by atoms with Crippen LogP contribution in [0.15, 0.2) is 22.9 Å². The molecule has 0 aliphatic heterocycles. The van der Waals surface area contributed by atoms with Crippen molar-refractivity contribution in [3.8, 4) is 0 Å². The molecule has 0 atom stereocenters. The van der Waals surface area contributed by atoms with E-state index in [0.29, 0.717) is 12.2 Å². The van der Waals surface area contributed by atoms with E-state index in [2.05, 4.69) is 20.9 Å². The van der Waals surface area contributed by atoms with Gasteiger partial charge in [-0.1, -0.05) is 0 Å². The van der Waals surface area contributed by atoms with E-state index in [4.69, 9.17) is 4.74 Å². The number of pyridine rings is 1. The minimum Gasteiger partial charge on any atom is -0.385 e. The SMILES string of the molecule is COCCCn1cc(C=O)c2c(Br)ccnc21. The zero-order chi connectivity index (χ0) is 12.3. The Bertz CT molecular complexity index is 537. The van der Waals surface area contributed by atoms with Crippen LogP contribution in [0.4, 0.5) is 0 Å². The summed E-state index contributed by atoms with van der Waals surface area (Å²) in [4.78, 5) is 15.4. The van der Waals surface area contributed by atoms with E-state index >= 15 is 0 Å². The monoisotopic (exact) mass is 296 g/mol. The van der Waals surface area contributed by atoms with Gasteiger partial charge < -0.3 is 9.30 Å². The van der Waals surface area contributed by atoms with Gasteiger partial charge in [0.25, 0.3) is 0 Å². The minimum atomic E-state index is 0.664. The maximum absolute atomic E-state index is 11.0. The lowest BCUT2D eigenvalue weighted by molar-refractivity contribution is 0.112. The molecule has 90 valence electrons. The molecule has 5 heteroatoms. The van der Waals surface area contributed by atoms with Crippen LogP contribution in [0.5, 0.6) is 0 Å². The molecule has 0 radical (unpaired) electrons. The zero-order valence-corrected chi connectivity index (χ0v) is 11.1. The summed E-state index contributed by atoms with van der Waals surface area (Å²) >= 11 is 3.45. The third-order valence-corrected chi connectivity index (χ3v) is 3.27. The Kier molecular flexibility index (Phi) is 3.91. The number of carbonyl (C=O) groups is 1. The predicted molar refractivity (Wildman–Crippen MR) is 69.3 cm³/mol. The van der Waals surface area contributed by atoms with Crippen LogP contribution in [0.25, 0.3) is 11.0 Å². The Hall–Kier alpha value is -1.20. The highest BCUT2D eigenvalue weighted by Gasteiger charge is 2.11. The van der Waals surface area contributed by atoms with Gasteiger partial charge in [-0.3, -0.25) is 4.79 Å². The van der Waals surface area contributed by atoms with Crippen LogP contribution >= 0.6 is 15.9 Å². The van der Waals surface area contributed by atoms with Crippen LogP contribution in [0, 0.1) is 0 Å². The number of ether oxygens (including phenoxy) is 1. The number of aryl methyl sites for hydroxylation is 1. The maximum Gasteiger partial charge on any atom is 0.152 e. The topological polar surface area (TPSA) is 44.1 Å². The highest BCUT2D eigenvalue weighted by molar-refractivity contribution is 9.10. The lowest BCUT2D eigenvalue weighted by Gasteiger charge is -2.03. The third kappa shape index (κ3) is 2.40. The van der Waals surface area contributed by atoms with Crippen molar-refractivity contribution in [1.82, 2.24) is 9.55 Å². The molecule has 0 amide bonds. The zero-order valence-electron chi connectivity index (χ0n) is 9.52. The summed E-state index contributed by atoms with van der Waals surface area (Å²) in [6.45, 7) is 1.49. The Morgan fingerprint density at radius 1 is 1.59 bits per heavy atom. The quantitative estimate of drug-likeness (QED) is 0.629. The fourth-order valence-corrected chi connectivity index (χ4v) is 2.37. The van der Waals surface area contributed by atoms with Crippen molar-refractivity contribution in [2.75, 3.05) is 13.7 Å². The van der Waals surface area contributed by atoms with Crippen LogP contribution < -0.4 is 0 Å². The first-order chi connectivity index (χ1) is 8.27. The molecule has 0 saturated carbocycles. The van der Waals surface area contributed by atoms with Gasteiger partial charge in [-0.25, -0.2) is 4.98 Å². The maximum atomic E-state index is 11.0. The van der Waals surface area contributed by atoms with E-state index < -0.39 is 0 Å². The van der Waals surface area contributed by atoms with Crippen molar-refractivity contribution in [3.63, 3.8) is 0 Å². The van der Waals surface area contributed by atoms with Crippen molar-refractivity contribution in [2.45, 2.75) is 13.0 Å². The first-order valence-corrected chi connectivity index (χ1v) is 6.14. The van der Waals surface area contributed by atoms with E-state index in [0.717, 1.165) is 34.8 Å². The van der Waals surface area contributed by atoms with Crippen LogP contribution in [0.3, 0.4) is 0 Å². The number of hydrogen-bond donors (Lipinski definition) is 0. The molecule has 0 saturated heterocycles. The van der Waals surface area contributed by atoms with Gasteiger partial charge in [0.1, 0.15) is 5.65 Å². The van der Waals surface area contributed by atoms with Crippen LogP contribution in [-0.2, 0) is 11.3 Å². The summed E-state index contributed by atoms with van der Waals surface area (Å²) in [6, 6.07) is 1.84. The molecule has 0 spiro atoms. The number of halogens is 1. The van der Waals surface area contributed by atoms with E-state index in [9.17, 15) is 4.79 Å². The Balaban J connectivity index is 2.43. The highest BCUT2D eigenvalue weighted by Crippen LogP contribution is 2.26. The molecule has 0 aliphatic carbocycles. The molecular weight excluding hydrogens is 284 g/mol. The Morgan fingerprint density at radius 3 is 3.12 bits per heavy atom. The second-order valence-corrected chi connectivity index (χ2v) is 4.59. The molecule has 4 nitrogen and oxygen atoms in total. The number of carbonyl (C=O) groups excluding carboxylic acids is 1. The first kappa shape index (κ1) is 12.3. The van der Waals surface area contributed by atoms with Crippen LogP contribution in [0.1, 0.15) is 16.8 Å². The largest absolute Gasteiger partial charge is 0.385 e. The normalized spacial score (nSPS) is 10.9. The lowest BCUT2D eigenvalue weighted by Crippen LogP contribution is -2.00. The molecule has 17 heavy (non-hydrogen) atoms. The Labute approximate surface area is 108 Å². The molecule has 2 heterocycles. The van der Waals surface area contributed by atoms with Crippen molar-refractivity contribution < 1.29 is 9.53 Å². The van der Waals surface area contributed by atoms with Crippen molar-refractivity contribution in [3.05, 3.63) is 28.5 Å². The van der Waals surface area contributed by atoms with Crippen molar-refractivity contribution >= 4 is 33.2 Å². The van der Waals surface area contributed by atoms with Gasteiger partial charge in [-0.15, -0.1) is 0 Å². The van der Waals surface area contributed by atoms with E-state index in [1.165, 1.54) is 0 Å². The predicted octanol–water partition coefficient (Wildman–Crippen LogP) is 2.65. The summed E-state index contributed by atoms with van der Waals surface area (Å²) in [6.07, 6.45) is 5.33. The standard InChI is InChI=1S/C12H13BrN2O2/c1-17-6-2-5-15-7-9(8-16)11-10(13)3-4-14-12(11)15/h3-4,7-8H,2,5-6H2,1H3. The van der Waals surface area contributed by atoms with Crippen molar-refractivity contribution in [1.29, 1.82) is 0 Å². The molecule has 0 aromatic carbocycles. The number of nitrogens with zero attached hydrogens (tertiary/aromatic N) is 2. The number of aromatic nitrogens is 2. The third-order valence-electron chi connectivity index (χ3n) is 2.61. The highest BCUT2D eigenvalue weighted by atomic mass is 79.9. The molecule has 0 bridgehead atoms. The second-order valence-electron chi connectivity index (χ2n) is 3.73. The van der Waals surface area contributed by atoms with E-state index in [1.54, 1.807) is 13.3 Å². The summed E-state index contributed by atoms with van der Waals surface area (Å²) in [7, 11) is 1.68. The fourth-order valence-electron chi connectivity index (χ4n) is 1.85. The van der Waals surface area contributed by atoms with E-state index in [1.807, 2.05) is 16.8 Å². The van der Waals surface area contributed by atoms with Crippen LogP contribution in [0.2, 0.25) is 0 Å². The summed E-state index contributed by atoms with van der Waals surface area (Å²) in [5, 5.41) is 0.875. The first-order valence-electron chi connectivity index (χ1n) is 5.35. The van der Waals surface area contributed by atoms with Gasteiger partial charge in [0.15, 0.2) is 6.29 Å². The van der Waals surface area contributed by atoms with Gasteiger partial charge in [0, 0.05) is 48.1 Å². The van der Waals surface area contributed by atoms with Crippen LogP contribution in [-0.4, -0.2) is 29.6 Å². The number of hydrogen-bond acceptors (Lipinski definition) is 3. The fraction of sp³-hybridized carbons (Fsp3) is 0.333. The minimum absolute atomic E-state index is 0.664. The summed E-state index contributed by atoms with van der Waals surface area (Å²) in [5.74, 6) is 0. The molecule has 0 N–H and O–H groups in total. The van der Waals surface area contributed by atoms with Gasteiger partial charge in [0.2, 0.25) is 0 Å². The molecule has 2 aromatic heterocycles. The average molecular weight is 297 g/mol. The van der Waals surface area contributed by atoms with Gasteiger partial charge in [-0.2, -0.15) is 0 Å². The molecule has 0 unspecified atom stereocenters. The number of methoxy groups -OCH3 is 1. The summed E-state index contributed by atoms with van der Waals surface area (Å²) < 4.78 is 7.91. The number of fused-ring (bicyclic) bond motifs is 1. The van der Waals surface area contributed by atoms with E-state index in [-0.39, 0.29) is 0 Å².